The molecule has 0 saturated carbocycles. The van der Waals surface area contributed by atoms with Gasteiger partial charge in [0.2, 0.25) is 0 Å². The number of amides is 2. The quantitative estimate of drug-likeness (QED) is 0.747. The second kappa shape index (κ2) is 6.12. The van der Waals surface area contributed by atoms with Crippen LogP contribution < -0.4 is 0 Å². The smallest absolute Gasteiger partial charge is 0.311 e. The summed E-state index contributed by atoms with van der Waals surface area (Å²) in [5.74, 6) is 0.890. The molecule has 2 unspecified atom stereocenters. The van der Waals surface area contributed by atoms with Gasteiger partial charge in [-0.1, -0.05) is 48.2 Å². The molecule has 6 heteroatoms. The van der Waals surface area contributed by atoms with Crippen molar-refractivity contribution in [3.8, 4) is 0 Å². The Kier molecular flexibility index (Phi) is 3.83. The van der Waals surface area contributed by atoms with Gasteiger partial charge in [-0.2, -0.15) is 4.99 Å². The molecule has 2 aliphatic carbocycles. The second-order valence-corrected chi connectivity index (χ2v) is 6.60. The molecule has 0 aromatic rings. The average molecular weight is 324 g/mol. The summed E-state index contributed by atoms with van der Waals surface area (Å²) in [6, 6.07) is -0.0246. The van der Waals surface area contributed by atoms with E-state index < -0.39 is 0 Å². The van der Waals surface area contributed by atoms with E-state index in [1.807, 2.05) is 47.4 Å². The molecule has 5 nitrogen and oxygen atoms in total. The number of hydrogen-bond donors (Lipinski definition) is 0. The Bertz CT molecular complexity index is 742. The van der Waals surface area contributed by atoms with Crippen molar-refractivity contribution < 1.29 is 4.79 Å². The summed E-state index contributed by atoms with van der Waals surface area (Å²) < 4.78 is 0. The number of carbonyl (C=O) groups excluding carboxylic acids is 1. The molecule has 0 fully saturated rings. The van der Waals surface area contributed by atoms with Gasteiger partial charge in [0.25, 0.3) is 0 Å². The Balaban J connectivity index is 1.27. The molecule has 2 heterocycles. The minimum Gasteiger partial charge on any atom is -0.311 e. The Morgan fingerprint density at radius 2 is 1.87 bits per heavy atom. The predicted molar refractivity (Wildman–Crippen MR) is 95.6 cm³/mol. The second-order valence-electron chi connectivity index (χ2n) is 5.54. The predicted octanol–water partition coefficient (Wildman–Crippen LogP) is 2.79. The fourth-order valence-corrected chi connectivity index (χ4v) is 3.69. The normalized spacial score (nSPS) is 27.0. The molecule has 2 amide bonds. The molecule has 0 saturated heterocycles. The Morgan fingerprint density at radius 1 is 1.04 bits per heavy atom. The molecule has 4 aliphatic rings. The zero-order chi connectivity index (χ0) is 15.6. The number of rotatable bonds is 4. The van der Waals surface area contributed by atoms with Gasteiger partial charge >= 0.3 is 6.03 Å². The van der Waals surface area contributed by atoms with Crippen LogP contribution in [0.15, 0.2) is 63.6 Å². The standard InChI is InChI=1S/C17H16N4OS/c22-17-20-14-8-3-4-9-15(14)21(17)10-5-11-23-16-18-12-6-1-2-7-13(12)19-16/h1-4,6-9,12,15H,5,10-11H2. The van der Waals surface area contributed by atoms with Crippen molar-refractivity contribution in [2.24, 2.45) is 15.0 Å². The number of hydrogen-bond acceptors (Lipinski definition) is 4. The highest BCUT2D eigenvalue weighted by molar-refractivity contribution is 8.13. The van der Waals surface area contributed by atoms with Crippen molar-refractivity contribution in [3.05, 3.63) is 48.6 Å². The van der Waals surface area contributed by atoms with Crippen LogP contribution in [-0.2, 0) is 0 Å². The average Bonchev–Trinajstić information content (AvgIpc) is 3.11. The maximum absolute atomic E-state index is 12.0. The van der Waals surface area contributed by atoms with Crippen molar-refractivity contribution in [1.29, 1.82) is 0 Å². The SMILES string of the molecule is O=C1N=C2C=CC=CC2N1CCCSC1=NC2C=CC=CC2=N1. The van der Waals surface area contributed by atoms with Crippen LogP contribution in [0.5, 0.6) is 0 Å². The van der Waals surface area contributed by atoms with Crippen molar-refractivity contribution in [2.45, 2.75) is 18.5 Å². The molecule has 0 radical (unpaired) electrons. The molecular weight excluding hydrogens is 308 g/mol. The minimum atomic E-state index is -0.133. The largest absolute Gasteiger partial charge is 0.344 e. The molecular formula is C17H16N4OS. The van der Waals surface area contributed by atoms with Crippen molar-refractivity contribution in [2.75, 3.05) is 12.3 Å². The van der Waals surface area contributed by atoms with Crippen LogP contribution in [0.25, 0.3) is 0 Å². The number of nitrogens with zero attached hydrogens (tertiary/aromatic N) is 4. The summed E-state index contributed by atoms with van der Waals surface area (Å²) in [7, 11) is 0. The molecule has 2 atom stereocenters. The van der Waals surface area contributed by atoms with Crippen LogP contribution >= 0.6 is 11.8 Å². The first-order valence-corrected chi connectivity index (χ1v) is 8.68. The molecule has 2 aliphatic heterocycles. The fourth-order valence-electron chi connectivity index (χ4n) is 2.88. The fraction of sp³-hybridized carbons (Fsp3) is 0.294. The molecule has 23 heavy (non-hydrogen) atoms. The molecule has 0 N–H and O–H groups in total. The van der Waals surface area contributed by atoms with Crippen molar-refractivity contribution in [3.63, 3.8) is 0 Å². The third-order valence-corrected chi connectivity index (χ3v) is 4.95. The van der Waals surface area contributed by atoms with E-state index >= 15 is 0 Å². The zero-order valence-corrected chi connectivity index (χ0v) is 13.3. The van der Waals surface area contributed by atoms with Crippen LogP contribution in [0.2, 0.25) is 0 Å². The lowest BCUT2D eigenvalue weighted by molar-refractivity contribution is 0.213. The first-order valence-electron chi connectivity index (χ1n) is 7.69. The Morgan fingerprint density at radius 3 is 2.74 bits per heavy atom. The first kappa shape index (κ1) is 14.4. The van der Waals surface area contributed by atoms with Crippen LogP contribution in [0.4, 0.5) is 4.79 Å². The molecule has 0 aromatic heterocycles. The third-order valence-electron chi connectivity index (χ3n) is 4.00. The lowest BCUT2D eigenvalue weighted by Crippen LogP contribution is -2.37. The number of amidine groups is 1. The van der Waals surface area contributed by atoms with Gasteiger partial charge in [0, 0.05) is 12.3 Å². The summed E-state index contributed by atoms with van der Waals surface area (Å²) in [5.41, 5.74) is 1.86. The highest BCUT2D eigenvalue weighted by Gasteiger charge is 2.31. The summed E-state index contributed by atoms with van der Waals surface area (Å²) in [4.78, 5) is 27.0. The Labute approximate surface area is 139 Å². The van der Waals surface area contributed by atoms with E-state index in [0.29, 0.717) is 6.54 Å². The zero-order valence-electron chi connectivity index (χ0n) is 12.5. The van der Waals surface area contributed by atoms with Crippen LogP contribution in [-0.4, -0.2) is 51.9 Å². The van der Waals surface area contributed by atoms with E-state index in [-0.39, 0.29) is 18.1 Å². The highest BCUT2D eigenvalue weighted by atomic mass is 32.2. The number of urea groups is 1. The summed E-state index contributed by atoms with van der Waals surface area (Å²) >= 11 is 1.65. The van der Waals surface area contributed by atoms with Gasteiger partial charge in [0.05, 0.1) is 17.5 Å². The van der Waals surface area contributed by atoms with E-state index in [1.165, 1.54) is 0 Å². The molecule has 4 rings (SSSR count). The summed E-state index contributed by atoms with van der Waals surface area (Å²) in [6.07, 6.45) is 16.8. The Hall–Kier alpha value is -2.21. The molecule has 0 aromatic carbocycles. The highest BCUT2D eigenvalue weighted by Crippen LogP contribution is 2.22. The van der Waals surface area contributed by atoms with Gasteiger partial charge in [-0.3, -0.25) is 0 Å². The van der Waals surface area contributed by atoms with E-state index in [4.69, 9.17) is 0 Å². The van der Waals surface area contributed by atoms with E-state index in [0.717, 1.165) is 28.8 Å². The lowest BCUT2D eigenvalue weighted by Gasteiger charge is -2.22. The number of carbonyl (C=O) groups is 1. The minimum absolute atomic E-state index is 0.0136. The number of aliphatic imine (C=N–C) groups is 3. The lowest BCUT2D eigenvalue weighted by atomic mass is 10.1. The topological polar surface area (TPSA) is 57.4 Å². The van der Waals surface area contributed by atoms with E-state index in [9.17, 15) is 4.79 Å². The molecule has 116 valence electrons. The van der Waals surface area contributed by atoms with Crippen LogP contribution in [0.3, 0.4) is 0 Å². The third kappa shape index (κ3) is 2.86. The number of allylic oxidation sites excluding steroid dienone is 4. The van der Waals surface area contributed by atoms with Crippen LogP contribution in [0.1, 0.15) is 6.42 Å². The van der Waals surface area contributed by atoms with Gasteiger partial charge in [-0.05, 0) is 18.6 Å². The maximum atomic E-state index is 12.0. The van der Waals surface area contributed by atoms with Gasteiger partial charge in [0.1, 0.15) is 6.04 Å². The summed E-state index contributed by atoms with van der Waals surface area (Å²) in [5, 5.41) is 0.839. The number of thioether (sulfide) groups is 1. The van der Waals surface area contributed by atoms with E-state index in [2.05, 4.69) is 21.1 Å². The summed E-state index contributed by atoms with van der Waals surface area (Å²) in [6.45, 7) is 0.703. The first-order chi connectivity index (χ1) is 11.3. The van der Waals surface area contributed by atoms with Crippen molar-refractivity contribution >= 4 is 34.4 Å². The number of fused-ring (bicyclic) bond motifs is 2. The monoisotopic (exact) mass is 324 g/mol. The van der Waals surface area contributed by atoms with Gasteiger partial charge in [0.15, 0.2) is 5.17 Å². The molecule has 0 spiro atoms. The van der Waals surface area contributed by atoms with Gasteiger partial charge in [-0.15, -0.1) is 0 Å². The van der Waals surface area contributed by atoms with Crippen LogP contribution in [0, 0.1) is 0 Å². The van der Waals surface area contributed by atoms with Gasteiger partial charge < -0.3 is 4.90 Å². The van der Waals surface area contributed by atoms with E-state index in [1.54, 1.807) is 11.8 Å². The van der Waals surface area contributed by atoms with Crippen molar-refractivity contribution in [1.82, 2.24) is 4.90 Å². The van der Waals surface area contributed by atoms with Gasteiger partial charge in [-0.25, -0.2) is 14.8 Å². The maximum Gasteiger partial charge on any atom is 0.344 e. The molecule has 0 bridgehead atoms.